The maximum absolute atomic E-state index is 12.9. The Balaban J connectivity index is 1.71. The molecule has 0 spiro atoms. The topological polar surface area (TPSA) is 42.3 Å². The highest BCUT2D eigenvalue weighted by Gasteiger charge is 2.36. The zero-order chi connectivity index (χ0) is 20.7. The van der Waals surface area contributed by atoms with Gasteiger partial charge in [-0.1, -0.05) is 35.9 Å². The zero-order valence-corrected chi connectivity index (χ0v) is 17.8. The molecular weight excluding hydrogens is 404 g/mol. The second kappa shape index (κ2) is 7.58. The second-order valence-electron chi connectivity index (χ2n) is 6.95. The average Bonchev–Trinajstić information content (AvgIpc) is 3.13. The molecule has 0 radical (unpaired) electrons. The van der Waals surface area contributed by atoms with Gasteiger partial charge in [-0.15, -0.1) is 0 Å². The van der Waals surface area contributed by atoms with E-state index >= 15 is 0 Å². The molecular formula is C23H19ClN2O2S. The van der Waals surface area contributed by atoms with Crippen molar-refractivity contribution in [1.29, 1.82) is 0 Å². The van der Waals surface area contributed by atoms with Gasteiger partial charge in [0.25, 0.3) is 11.1 Å². The van der Waals surface area contributed by atoms with Crippen LogP contribution in [-0.2, 0) is 4.79 Å². The van der Waals surface area contributed by atoms with Crippen molar-refractivity contribution < 1.29 is 9.59 Å². The van der Waals surface area contributed by atoms with Crippen LogP contribution in [0.5, 0.6) is 0 Å². The van der Waals surface area contributed by atoms with Gasteiger partial charge < -0.3 is 4.57 Å². The van der Waals surface area contributed by atoms with Gasteiger partial charge in [0.2, 0.25) is 0 Å². The predicted molar refractivity (Wildman–Crippen MR) is 120 cm³/mol. The van der Waals surface area contributed by atoms with E-state index in [1.54, 1.807) is 18.2 Å². The van der Waals surface area contributed by atoms with E-state index in [1.165, 1.54) is 4.90 Å². The van der Waals surface area contributed by atoms with E-state index in [4.69, 9.17) is 11.6 Å². The number of rotatable bonds is 3. The highest BCUT2D eigenvalue weighted by atomic mass is 35.5. The lowest BCUT2D eigenvalue weighted by Crippen LogP contribution is -2.27. The fourth-order valence-corrected chi connectivity index (χ4v) is 4.47. The van der Waals surface area contributed by atoms with E-state index in [0.29, 0.717) is 15.6 Å². The molecule has 4 nitrogen and oxygen atoms in total. The molecule has 2 aromatic carbocycles. The molecule has 0 aliphatic carbocycles. The van der Waals surface area contributed by atoms with E-state index in [0.717, 1.165) is 40.0 Å². The highest BCUT2D eigenvalue weighted by molar-refractivity contribution is 8.19. The number of anilines is 1. The summed E-state index contributed by atoms with van der Waals surface area (Å²) in [4.78, 5) is 26.9. The summed E-state index contributed by atoms with van der Waals surface area (Å²) in [5, 5.41) is 0.423. The largest absolute Gasteiger partial charge is 0.318 e. The van der Waals surface area contributed by atoms with E-state index < -0.39 is 0 Å². The Hall–Kier alpha value is -2.76. The highest BCUT2D eigenvalue weighted by Crippen LogP contribution is 2.36. The number of aryl methyl sites for hydroxylation is 2. The fraction of sp³-hybridized carbons (Fsp3) is 0.130. The third-order valence-corrected chi connectivity index (χ3v) is 6.26. The van der Waals surface area contributed by atoms with Crippen molar-refractivity contribution in [3.63, 3.8) is 0 Å². The Morgan fingerprint density at radius 2 is 1.66 bits per heavy atom. The van der Waals surface area contributed by atoms with Crippen LogP contribution in [0.1, 0.15) is 22.5 Å². The number of para-hydroxylation sites is 1. The first-order valence-corrected chi connectivity index (χ1v) is 10.3. The molecule has 1 saturated heterocycles. The lowest BCUT2D eigenvalue weighted by molar-refractivity contribution is -0.113. The molecule has 146 valence electrons. The number of nitrogens with zero attached hydrogens (tertiary/aromatic N) is 2. The number of carbonyl (C=O) groups excluding carboxylic acids is 2. The lowest BCUT2D eigenvalue weighted by atomic mass is 10.2. The van der Waals surface area contributed by atoms with E-state index in [-0.39, 0.29) is 11.1 Å². The lowest BCUT2D eigenvalue weighted by Gasteiger charge is -2.12. The first-order chi connectivity index (χ1) is 13.9. The number of imide groups is 1. The maximum Gasteiger partial charge on any atom is 0.298 e. The summed E-state index contributed by atoms with van der Waals surface area (Å²) >= 11 is 7.27. The van der Waals surface area contributed by atoms with Crippen LogP contribution in [0.2, 0.25) is 5.02 Å². The van der Waals surface area contributed by atoms with Crippen molar-refractivity contribution in [3.05, 3.63) is 87.0 Å². The third-order valence-electron chi connectivity index (χ3n) is 4.98. The molecule has 3 aromatic rings. The van der Waals surface area contributed by atoms with Crippen LogP contribution in [0, 0.1) is 20.8 Å². The first kappa shape index (κ1) is 19.6. The van der Waals surface area contributed by atoms with Gasteiger partial charge in [0.15, 0.2) is 0 Å². The summed E-state index contributed by atoms with van der Waals surface area (Å²) in [6, 6.07) is 16.9. The van der Waals surface area contributed by atoms with Crippen molar-refractivity contribution in [2.75, 3.05) is 4.90 Å². The zero-order valence-electron chi connectivity index (χ0n) is 16.3. The van der Waals surface area contributed by atoms with Gasteiger partial charge in [-0.2, -0.15) is 0 Å². The summed E-state index contributed by atoms with van der Waals surface area (Å²) in [6.45, 7) is 5.97. The van der Waals surface area contributed by atoms with E-state index in [9.17, 15) is 9.59 Å². The van der Waals surface area contributed by atoms with Crippen LogP contribution in [0.25, 0.3) is 11.8 Å². The van der Waals surface area contributed by atoms with Crippen molar-refractivity contribution in [3.8, 4) is 5.69 Å². The monoisotopic (exact) mass is 422 g/mol. The molecule has 6 heteroatoms. The number of carbonyl (C=O) groups is 2. The standard InChI is InChI=1S/C23H19ClN2O2S/c1-14-9-10-19(13-20(14)24)25-15(2)11-17(16(25)3)12-21-22(27)26(23(28)29-21)18-7-5-4-6-8-18/h4-13H,1-3H3. The molecule has 0 bridgehead atoms. The van der Waals surface area contributed by atoms with Gasteiger partial charge in [0.1, 0.15) is 0 Å². The number of benzene rings is 2. The minimum Gasteiger partial charge on any atom is -0.318 e. The smallest absolute Gasteiger partial charge is 0.298 e. The molecule has 0 N–H and O–H groups in total. The van der Waals surface area contributed by atoms with Gasteiger partial charge in [-0.25, -0.2) is 4.90 Å². The number of aromatic nitrogens is 1. The van der Waals surface area contributed by atoms with Crippen LogP contribution in [0.3, 0.4) is 0 Å². The van der Waals surface area contributed by atoms with Crippen LogP contribution in [0.15, 0.2) is 59.5 Å². The quantitative estimate of drug-likeness (QED) is 0.465. The summed E-state index contributed by atoms with van der Waals surface area (Å²) in [5.74, 6) is -0.297. The van der Waals surface area contributed by atoms with E-state index in [2.05, 4.69) is 4.57 Å². The molecule has 0 saturated carbocycles. The second-order valence-corrected chi connectivity index (χ2v) is 8.35. The Morgan fingerprint density at radius 3 is 2.34 bits per heavy atom. The van der Waals surface area contributed by atoms with Gasteiger partial charge in [-0.3, -0.25) is 9.59 Å². The van der Waals surface area contributed by atoms with Crippen molar-refractivity contribution in [2.45, 2.75) is 20.8 Å². The molecule has 1 fully saturated rings. The predicted octanol–water partition coefficient (Wildman–Crippen LogP) is 6.30. The Bertz CT molecular complexity index is 1170. The average molecular weight is 423 g/mol. The molecule has 2 amide bonds. The fourth-order valence-electron chi connectivity index (χ4n) is 3.46. The molecule has 4 rings (SSSR count). The normalized spacial score (nSPS) is 15.6. The molecule has 1 aliphatic heterocycles. The number of halogens is 1. The SMILES string of the molecule is Cc1ccc(-n2c(C)cc(C=C3SC(=O)N(c4ccccc4)C3=O)c2C)cc1Cl. The summed E-state index contributed by atoms with van der Waals surface area (Å²) in [5.41, 5.74) is 5.47. The Kier molecular flexibility index (Phi) is 5.11. The van der Waals surface area contributed by atoms with Crippen LogP contribution in [0.4, 0.5) is 10.5 Å². The minimum atomic E-state index is -0.297. The molecule has 1 aliphatic rings. The number of amides is 2. The summed E-state index contributed by atoms with van der Waals surface area (Å²) < 4.78 is 2.10. The summed E-state index contributed by atoms with van der Waals surface area (Å²) in [6.07, 6.45) is 1.79. The van der Waals surface area contributed by atoms with Crippen LogP contribution in [-0.4, -0.2) is 15.7 Å². The van der Waals surface area contributed by atoms with Crippen molar-refractivity contribution >= 4 is 46.3 Å². The molecule has 0 atom stereocenters. The van der Waals surface area contributed by atoms with Gasteiger partial charge in [0.05, 0.1) is 10.6 Å². The number of thioether (sulfide) groups is 1. The molecule has 2 heterocycles. The van der Waals surface area contributed by atoms with Crippen molar-refractivity contribution in [2.24, 2.45) is 0 Å². The molecule has 0 unspecified atom stereocenters. The first-order valence-electron chi connectivity index (χ1n) is 9.15. The van der Waals surface area contributed by atoms with Gasteiger partial charge in [-0.05, 0) is 80.1 Å². The minimum absolute atomic E-state index is 0.286. The third kappa shape index (κ3) is 3.52. The number of hydrogen-bond acceptors (Lipinski definition) is 3. The molecule has 29 heavy (non-hydrogen) atoms. The molecule has 1 aromatic heterocycles. The van der Waals surface area contributed by atoms with Crippen LogP contribution >= 0.6 is 23.4 Å². The van der Waals surface area contributed by atoms with Crippen LogP contribution < -0.4 is 4.90 Å². The maximum atomic E-state index is 12.9. The van der Waals surface area contributed by atoms with Crippen molar-refractivity contribution in [1.82, 2.24) is 4.57 Å². The van der Waals surface area contributed by atoms with Gasteiger partial charge in [0, 0.05) is 22.1 Å². The van der Waals surface area contributed by atoms with Gasteiger partial charge >= 0.3 is 0 Å². The Labute approximate surface area is 178 Å². The summed E-state index contributed by atoms with van der Waals surface area (Å²) in [7, 11) is 0. The Morgan fingerprint density at radius 1 is 0.931 bits per heavy atom. The number of hydrogen-bond donors (Lipinski definition) is 0. The van der Waals surface area contributed by atoms with E-state index in [1.807, 2.05) is 63.2 Å².